The molecule has 4 nitrogen and oxygen atoms in total. The highest BCUT2D eigenvalue weighted by molar-refractivity contribution is 9.12. The number of hydrogen-bond donors (Lipinski definition) is 1. The normalized spacial score (nSPS) is 15.2. The molecule has 0 amide bonds. The van der Waals surface area contributed by atoms with Crippen molar-refractivity contribution in [1.82, 2.24) is 0 Å². The van der Waals surface area contributed by atoms with Crippen LogP contribution in [0.2, 0.25) is 0 Å². The fourth-order valence-electron chi connectivity index (χ4n) is 1.75. The number of ketones is 2. The van der Waals surface area contributed by atoms with Gasteiger partial charge < -0.3 is 9.84 Å². The minimum atomic E-state index is -0.383. The number of phenols is 1. The van der Waals surface area contributed by atoms with E-state index in [1.807, 2.05) is 0 Å². The topological polar surface area (TPSA) is 63.6 Å². The van der Waals surface area contributed by atoms with Crippen molar-refractivity contribution in [2.24, 2.45) is 0 Å². The monoisotopic (exact) mass is 296 g/mol. The second-order valence-corrected chi connectivity index (χ2v) is 4.38. The summed E-state index contributed by atoms with van der Waals surface area (Å²) in [6, 6.07) is 4.43. The molecule has 1 aromatic carbocycles. The first kappa shape index (κ1) is 12.0. The first-order chi connectivity index (χ1) is 8.07. The minimum Gasteiger partial charge on any atom is -0.507 e. The van der Waals surface area contributed by atoms with Crippen molar-refractivity contribution in [3.8, 4) is 5.75 Å². The molecule has 1 N–H and O–H groups in total. The summed E-state index contributed by atoms with van der Waals surface area (Å²) < 4.78 is 5.08. The summed E-state index contributed by atoms with van der Waals surface area (Å²) in [7, 11) is 1.44. The van der Waals surface area contributed by atoms with E-state index in [1.54, 1.807) is 0 Å². The molecule has 5 heteroatoms. The average Bonchev–Trinajstić information content (AvgIpc) is 2.31. The maximum Gasteiger partial charge on any atom is 0.201 e. The van der Waals surface area contributed by atoms with Crippen LogP contribution in [0, 0.1) is 0 Å². The van der Waals surface area contributed by atoms with Gasteiger partial charge in [-0.25, -0.2) is 0 Å². The molecule has 0 aliphatic heterocycles. The number of halogens is 1. The predicted octanol–water partition coefficient (Wildman–Crippen LogP) is 2.07. The highest BCUT2D eigenvalue weighted by Crippen LogP contribution is 2.34. The Bertz CT molecular complexity index is 545. The minimum absolute atomic E-state index is 0.0267. The number of carbonyl (C=O) groups excluding carboxylic acids is 2. The highest BCUT2D eigenvalue weighted by Gasteiger charge is 2.32. The lowest BCUT2D eigenvalue weighted by atomic mass is 9.89. The van der Waals surface area contributed by atoms with E-state index in [0.717, 1.165) is 0 Å². The van der Waals surface area contributed by atoms with Crippen LogP contribution in [0.25, 0.3) is 0 Å². The largest absolute Gasteiger partial charge is 0.507 e. The van der Waals surface area contributed by atoms with Gasteiger partial charge in [0.25, 0.3) is 0 Å². The zero-order valence-corrected chi connectivity index (χ0v) is 10.6. The maximum absolute atomic E-state index is 12.1. The summed E-state index contributed by atoms with van der Waals surface area (Å²) in [6.45, 7) is 0.0267. The van der Waals surface area contributed by atoms with E-state index in [-0.39, 0.29) is 45.1 Å². The number of fused-ring (bicyclic) bond motifs is 1. The molecule has 17 heavy (non-hydrogen) atoms. The number of benzene rings is 1. The molecule has 0 saturated heterocycles. The van der Waals surface area contributed by atoms with Gasteiger partial charge in [-0.15, -0.1) is 0 Å². The van der Waals surface area contributed by atoms with Gasteiger partial charge in [-0.1, -0.05) is 6.07 Å². The van der Waals surface area contributed by atoms with Gasteiger partial charge >= 0.3 is 0 Å². The Labute approximate surface area is 106 Å². The number of ether oxygens (including phenoxy) is 1. The molecule has 0 unspecified atom stereocenters. The van der Waals surface area contributed by atoms with Crippen LogP contribution in [0.3, 0.4) is 0 Å². The Kier molecular flexibility index (Phi) is 3.13. The zero-order valence-electron chi connectivity index (χ0n) is 8.99. The molecule has 0 spiro atoms. The van der Waals surface area contributed by atoms with Crippen LogP contribution in [0.4, 0.5) is 0 Å². The lowest BCUT2D eigenvalue weighted by Gasteiger charge is -2.18. The smallest absolute Gasteiger partial charge is 0.201 e. The van der Waals surface area contributed by atoms with Crippen molar-refractivity contribution in [3.63, 3.8) is 0 Å². The van der Waals surface area contributed by atoms with Gasteiger partial charge in [0.15, 0.2) is 5.78 Å². The van der Waals surface area contributed by atoms with Crippen molar-refractivity contribution < 1.29 is 19.4 Å². The third-order valence-corrected chi connectivity index (χ3v) is 3.38. The Hall–Kier alpha value is -1.46. The number of rotatable bonds is 2. The quantitative estimate of drug-likeness (QED) is 0.907. The van der Waals surface area contributed by atoms with Gasteiger partial charge in [0, 0.05) is 18.2 Å². The molecule has 1 aliphatic rings. The standard InChI is InChI=1S/C12H9BrO4/c1-17-5-7-10(13)12(16)6-3-2-4-8(14)9(6)11(7)15/h2-4,14H,5H2,1H3. The Balaban J connectivity index is 2.65. The number of allylic oxidation sites excluding steroid dienone is 1. The molecule has 88 valence electrons. The molecular weight excluding hydrogens is 288 g/mol. The molecule has 0 atom stereocenters. The lowest BCUT2D eigenvalue weighted by molar-refractivity contribution is 0.0959. The predicted molar refractivity (Wildman–Crippen MR) is 64.6 cm³/mol. The maximum atomic E-state index is 12.1. The van der Waals surface area contributed by atoms with E-state index in [0.29, 0.717) is 0 Å². The molecule has 0 bridgehead atoms. The number of phenolic OH excluding ortho intramolecular Hbond substituents is 1. The third kappa shape index (κ3) is 1.81. The van der Waals surface area contributed by atoms with E-state index >= 15 is 0 Å². The second kappa shape index (κ2) is 4.43. The van der Waals surface area contributed by atoms with Crippen LogP contribution in [0.1, 0.15) is 20.7 Å². The molecule has 0 saturated carbocycles. The van der Waals surface area contributed by atoms with Gasteiger partial charge in [-0.2, -0.15) is 0 Å². The molecule has 0 radical (unpaired) electrons. The summed E-state index contributed by atoms with van der Waals surface area (Å²) in [5.41, 5.74) is 0.487. The Morgan fingerprint density at radius 3 is 2.65 bits per heavy atom. The zero-order chi connectivity index (χ0) is 12.6. The Morgan fingerprint density at radius 2 is 2.00 bits per heavy atom. The van der Waals surface area contributed by atoms with E-state index < -0.39 is 0 Å². The van der Waals surface area contributed by atoms with Gasteiger partial charge in [0.2, 0.25) is 5.78 Å². The van der Waals surface area contributed by atoms with Gasteiger partial charge in [-0.3, -0.25) is 9.59 Å². The van der Waals surface area contributed by atoms with Crippen LogP contribution in [0.15, 0.2) is 28.3 Å². The molecule has 1 aliphatic carbocycles. The number of carbonyl (C=O) groups is 2. The van der Waals surface area contributed by atoms with Crippen LogP contribution in [-0.2, 0) is 4.74 Å². The first-order valence-corrected chi connectivity index (χ1v) is 5.66. The van der Waals surface area contributed by atoms with E-state index in [2.05, 4.69) is 15.9 Å². The van der Waals surface area contributed by atoms with Crippen molar-refractivity contribution in [3.05, 3.63) is 39.4 Å². The number of hydrogen-bond acceptors (Lipinski definition) is 4. The second-order valence-electron chi connectivity index (χ2n) is 3.58. The number of methoxy groups -OCH3 is 1. The molecular formula is C12H9BrO4. The van der Waals surface area contributed by atoms with Crippen molar-refractivity contribution >= 4 is 27.5 Å². The van der Waals surface area contributed by atoms with Gasteiger partial charge in [-0.05, 0) is 28.1 Å². The number of aromatic hydroxyl groups is 1. The third-order valence-electron chi connectivity index (χ3n) is 2.54. The van der Waals surface area contributed by atoms with E-state index in [4.69, 9.17) is 4.74 Å². The summed E-state index contributed by atoms with van der Waals surface area (Å²) in [5.74, 6) is -0.886. The summed E-state index contributed by atoms with van der Waals surface area (Å²) in [6.07, 6.45) is 0. The number of Topliss-reactive ketones (excluding diaryl/α,β-unsaturated/α-hetero) is 2. The molecule has 0 aromatic heterocycles. The highest BCUT2D eigenvalue weighted by atomic mass is 79.9. The van der Waals surface area contributed by atoms with Crippen LogP contribution in [-0.4, -0.2) is 30.4 Å². The van der Waals surface area contributed by atoms with Gasteiger partial charge in [0.1, 0.15) is 5.75 Å². The SMILES string of the molecule is COCC1=C(Br)C(=O)c2cccc(O)c2C1=O. The van der Waals surface area contributed by atoms with Gasteiger partial charge in [0.05, 0.1) is 16.7 Å². The molecule has 0 fully saturated rings. The fraction of sp³-hybridized carbons (Fsp3) is 0.167. The summed E-state index contributed by atoms with van der Waals surface area (Å²) >= 11 is 3.10. The van der Waals surface area contributed by atoms with Crippen molar-refractivity contribution in [2.45, 2.75) is 0 Å². The molecule has 1 aromatic rings. The summed E-state index contributed by atoms with van der Waals surface area (Å²) in [5, 5.41) is 9.67. The fourth-order valence-corrected chi connectivity index (χ4v) is 2.26. The lowest BCUT2D eigenvalue weighted by Crippen LogP contribution is -2.22. The van der Waals surface area contributed by atoms with Crippen LogP contribution in [0.5, 0.6) is 5.75 Å². The van der Waals surface area contributed by atoms with Crippen LogP contribution < -0.4 is 0 Å². The van der Waals surface area contributed by atoms with E-state index in [9.17, 15) is 14.7 Å². The average molecular weight is 297 g/mol. The van der Waals surface area contributed by atoms with Crippen LogP contribution >= 0.6 is 15.9 Å². The Morgan fingerprint density at radius 1 is 1.29 bits per heavy atom. The summed E-state index contributed by atoms with van der Waals surface area (Å²) in [4.78, 5) is 24.1. The van der Waals surface area contributed by atoms with Crippen molar-refractivity contribution in [1.29, 1.82) is 0 Å². The molecule has 2 rings (SSSR count). The first-order valence-electron chi connectivity index (χ1n) is 4.87. The van der Waals surface area contributed by atoms with E-state index in [1.165, 1.54) is 25.3 Å². The molecule has 0 heterocycles. The van der Waals surface area contributed by atoms with Crippen molar-refractivity contribution in [2.75, 3.05) is 13.7 Å².